The second kappa shape index (κ2) is 8.76. The standard InChI is InChI=1S/C19H22BrNO3S2/c1-24-15-10-13(9-14(20)17(15)22)11-16-18(23)21(19(25)26-16)8-7-12-5-3-2-4-6-12/h9-12,22H,2-8H2,1H3. The summed E-state index contributed by atoms with van der Waals surface area (Å²) in [6, 6.07) is 3.46. The van der Waals surface area contributed by atoms with Crippen LogP contribution in [0.1, 0.15) is 44.1 Å². The van der Waals surface area contributed by atoms with Gasteiger partial charge in [-0.05, 0) is 52.0 Å². The van der Waals surface area contributed by atoms with Crippen molar-refractivity contribution in [3.63, 3.8) is 0 Å². The fourth-order valence-electron chi connectivity index (χ4n) is 3.46. The summed E-state index contributed by atoms with van der Waals surface area (Å²) in [6.07, 6.45) is 9.32. The molecule has 0 radical (unpaired) electrons. The number of nitrogens with zero attached hydrogens (tertiary/aromatic N) is 1. The van der Waals surface area contributed by atoms with Crippen molar-refractivity contribution in [1.29, 1.82) is 0 Å². The Hall–Kier alpha value is -1.05. The van der Waals surface area contributed by atoms with Crippen molar-refractivity contribution in [2.45, 2.75) is 38.5 Å². The van der Waals surface area contributed by atoms with Gasteiger partial charge in [0.1, 0.15) is 4.32 Å². The molecule has 140 valence electrons. The zero-order chi connectivity index (χ0) is 18.7. The molecule has 1 aromatic carbocycles. The van der Waals surface area contributed by atoms with Crippen LogP contribution in [0.5, 0.6) is 11.5 Å². The van der Waals surface area contributed by atoms with E-state index in [2.05, 4.69) is 15.9 Å². The second-order valence-corrected chi connectivity index (χ2v) is 9.21. The normalized spacial score (nSPS) is 20.2. The third-order valence-electron chi connectivity index (χ3n) is 4.93. The van der Waals surface area contributed by atoms with E-state index in [-0.39, 0.29) is 11.7 Å². The largest absolute Gasteiger partial charge is 0.503 e. The van der Waals surface area contributed by atoms with Crippen molar-refractivity contribution < 1.29 is 14.6 Å². The summed E-state index contributed by atoms with van der Waals surface area (Å²) in [5, 5.41) is 9.92. The molecule has 0 unspecified atom stereocenters. The van der Waals surface area contributed by atoms with E-state index in [4.69, 9.17) is 17.0 Å². The van der Waals surface area contributed by atoms with Gasteiger partial charge < -0.3 is 9.84 Å². The molecule has 26 heavy (non-hydrogen) atoms. The SMILES string of the molecule is COc1cc(C=C2SC(=S)N(CCC3CCCCC3)C2=O)cc(Br)c1O. The molecule has 2 aliphatic rings. The predicted octanol–water partition coefficient (Wildman–Crippen LogP) is 5.33. The maximum Gasteiger partial charge on any atom is 0.266 e. The summed E-state index contributed by atoms with van der Waals surface area (Å²) < 4.78 is 6.32. The zero-order valence-electron chi connectivity index (χ0n) is 14.7. The van der Waals surface area contributed by atoms with E-state index in [1.807, 2.05) is 0 Å². The molecular weight excluding hydrogens is 434 g/mol. The van der Waals surface area contributed by atoms with Crippen molar-refractivity contribution in [1.82, 2.24) is 4.90 Å². The Morgan fingerprint density at radius 1 is 1.38 bits per heavy atom. The summed E-state index contributed by atoms with van der Waals surface area (Å²) in [7, 11) is 1.50. The Morgan fingerprint density at radius 2 is 2.12 bits per heavy atom. The highest BCUT2D eigenvalue weighted by Crippen LogP contribution is 2.38. The van der Waals surface area contributed by atoms with E-state index in [0.29, 0.717) is 26.0 Å². The third kappa shape index (κ3) is 4.43. The molecule has 0 aromatic heterocycles. The second-order valence-electron chi connectivity index (χ2n) is 6.68. The van der Waals surface area contributed by atoms with Gasteiger partial charge in [0.25, 0.3) is 5.91 Å². The molecule has 1 aliphatic heterocycles. The lowest BCUT2D eigenvalue weighted by molar-refractivity contribution is -0.122. The number of carbonyl (C=O) groups is 1. The number of ether oxygens (including phenoxy) is 1. The van der Waals surface area contributed by atoms with Gasteiger partial charge >= 0.3 is 0 Å². The number of hydrogen-bond acceptors (Lipinski definition) is 5. The number of phenols is 1. The van der Waals surface area contributed by atoms with Gasteiger partial charge in [-0.1, -0.05) is 56.1 Å². The number of methoxy groups -OCH3 is 1. The zero-order valence-corrected chi connectivity index (χ0v) is 17.9. The molecule has 1 N–H and O–H groups in total. The number of thioether (sulfide) groups is 1. The average Bonchev–Trinajstić information content (AvgIpc) is 2.90. The van der Waals surface area contributed by atoms with Crippen LogP contribution in [0.3, 0.4) is 0 Å². The Morgan fingerprint density at radius 3 is 2.81 bits per heavy atom. The van der Waals surface area contributed by atoms with Gasteiger partial charge in [-0.3, -0.25) is 9.69 Å². The number of phenolic OH excluding ortho intramolecular Hbond substituents is 1. The van der Waals surface area contributed by atoms with E-state index < -0.39 is 0 Å². The molecule has 7 heteroatoms. The monoisotopic (exact) mass is 455 g/mol. The fourth-order valence-corrected chi connectivity index (χ4v) is 5.23. The summed E-state index contributed by atoms with van der Waals surface area (Å²) in [5.41, 5.74) is 0.777. The first-order valence-corrected chi connectivity index (χ1v) is 10.8. The Balaban J connectivity index is 1.71. The molecule has 4 nitrogen and oxygen atoms in total. The van der Waals surface area contributed by atoms with Gasteiger partial charge in [0.2, 0.25) is 0 Å². The molecule has 1 saturated heterocycles. The van der Waals surface area contributed by atoms with Crippen molar-refractivity contribution in [3.8, 4) is 11.5 Å². The van der Waals surface area contributed by atoms with Crippen molar-refractivity contribution in [2.24, 2.45) is 5.92 Å². The number of thiocarbonyl (C=S) groups is 1. The maximum absolute atomic E-state index is 12.8. The summed E-state index contributed by atoms with van der Waals surface area (Å²) in [4.78, 5) is 15.1. The van der Waals surface area contributed by atoms with E-state index in [0.717, 1.165) is 17.9 Å². The van der Waals surface area contributed by atoms with Crippen LogP contribution in [0.25, 0.3) is 6.08 Å². The topological polar surface area (TPSA) is 49.8 Å². The molecule has 1 saturated carbocycles. The summed E-state index contributed by atoms with van der Waals surface area (Å²) >= 11 is 10.1. The van der Waals surface area contributed by atoms with Gasteiger partial charge in [-0.25, -0.2) is 0 Å². The number of rotatable bonds is 5. The summed E-state index contributed by atoms with van der Waals surface area (Å²) in [6.45, 7) is 0.704. The molecule has 1 aliphatic carbocycles. The lowest BCUT2D eigenvalue weighted by Crippen LogP contribution is -2.30. The van der Waals surface area contributed by atoms with E-state index in [1.54, 1.807) is 23.1 Å². The minimum Gasteiger partial charge on any atom is -0.503 e. The highest BCUT2D eigenvalue weighted by Gasteiger charge is 2.32. The number of hydrogen-bond donors (Lipinski definition) is 1. The molecule has 2 fully saturated rings. The van der Waals surface area contributed by atoms with Crippen LogP contribution in [0.15, 0.2) is 21.5 Å². The van der Waals surface area contributed by atoms with Gasteiger partial charge in [0, 0.05) is 6.54 Å². The van der Waals surface area contributed by atoms with E-state index in [9.17, 15) is 9.90 Å². The Bertz CT molecular complexity index is 745. The average molecular weight is 456 g/mol. The first-order chi connectivity index (χ1) is 12.5. The molecule has 0 spiro atoms. The highest BCUT2D eigenvalue weighted by molar-refractivity contribution is 9.10. The molecule has 1 amide bonds. The maximum atomic E-state index is 12.8. The van der Waals surface area contributed by atoms with Gasteiger partial charge in [0.05, 0.1) is 16.5 Å². The summed E-state index contributed by atoms with van der Waals surface area (Å²) in [5.74, 6) is 1.09. The smallest absolute Gasteiger partial charge is 0.266 e. The minimum absolute atomic E-state index is 0.0287. The highest BCUT2D eigenvalue weighted by atomic mass is 79.9. The molecule has 3 rings (SSSR count). The number of amides is 1. The first-order valence-electron chi connectivity index (χ1n) is 8.81. The van der Waals surface area contributed by atoms with Crippen LogP contribution in [-0.4, -0.2) is 33.9 Å². The quantitative estimate of drug-likeness (QED) is 0.479. The van der Waals surface area contributed by atoms with E-state index >= 15 is 0 Å². The van der Waals surface area contributed by atoms with Gasteiger partial charge in [0.15, 0.2) is 11.5 Å². The fraction of sp³-hybridized carbons (Fsp3) is 0.474. The van der Waals surface area contributed by atoms with Gasteiger partial charge in [-0.2, -0.15) is 0 Å². The van der Waals surface area contributed by atoms with Crippen LogP contribution < -0.4 is 4.74 Å². The predicted molar refractivity (Wildman–Crippen MR) is 113 cm³/mol. The van der Waals surface area contributed by atoms with Crippen molar-refractivity contribution in [3.05, 3.63) is 27.1 Å². The van der Waals surface area contributed by atoms with E-state index in [1.165, 1.54) is 51.0 Å². The lowest BCUT2D eigenvalue weighted by Gasteiger charge is -2.23. The van der Waals surface area contributed by atoms with Crippen LogP contribution in [0.2, 0.25) is 0 Å². The number of carbonyl (C=O) groups excluding carboxylic acids is 1. The van der Waals surface area contributed by atoms with Crippen LogP contribution in [0, 0.1) is 5.92 Å². The molecule has 0 bridgehead atoms. The lowest BCUT2D eigenvalue weighted by atomic mass is 9.87. The van der Waals surface area contributed by atoms with Gasteiger partial charge in [-0.15, -0.1) is 0 Å². The number of halogens is 1. The van der Waals surface area contributed by atoms with Crippen LogP contribution >= 0.6 is 39.9 Å². The van der Waals surface area contributed by atoms with Crippen LogP contribution in [0.4, 0.5) is 0 Å². The minimum atomic E-state index is -0.0287. The first kappa shape index (κ1) is 19.7. The van der Waals surface area contributed by atoms with Crippen LogP contribution in [-0.2, 0) is 4.79 Å². The Kier molecular flexibility index (Phi) is 6.64. The molecule has 1 heterocycles. The van der Waals surface area contributed by atoms with Crippen molar-refractivity contribution >= 4 is 56.2 Å². The van der Waals surface area contributed by atoms with Crippen molar-refractivity contribution in [2.75, 3.05) is 13.7 Å². The Labute approximate surface area is 172 Å². The molecule has 1 aromatic rings. The number of aromatic hydroxyl groups is 1. The molecule has 0 atom stereocenters. The molecular formula is C19H22BrNO3S2. The third-order valence-corrected chi connectivity index (χ3v) is 6.91. The number of benzene rings is 1.